The molecule has 0 atom stereocenters. The third-order valence-corrected chi connectivity index (χ3v) is 12.3. The van der Waals surface area contributed by atoms with Crippen LogP contribution < -0.4 is 0 Å². The van der Waals surface area contributed by atoms with E-state index in [0.717, 1.165) is 60.6 Å². The Bertz CT molecular complexity index is 3520. The smallest absolute Gasteiger partial charge is 0.238 e. The van der Waals surface area contributed by atoms with Crippen molar-refractivity contribution in [2.24, 2.45) is 0 Å². The molecule has 0 aliphatic carbocycles. The van der Waals surface area contributed by atoms with Crippen molar-refractivity contribution in [1.82, 2.24) is 19.5 Å². The van der Waals surface area contributed by atoms with E-state index in [4.69, 9.17) is 19.4 Å². The summed E-state index contributed by atoms with van der Waals surface area (Å²) in [6.45, 7) is 0. The van der Waals surface area contributed by atoms with Gasteiger partial charge in [-0.25, -0.2) is 4.98 Å². The van der Waals surface area contributed by atoms with Crippen LogP contribution in [0.25, 0.3) is 115 Å². The first-order valence-electron chi connectivity index (χ1n) is 19.0. The summed E-state index contributed by atoms with van der Waals surface area (Å²) in [7, 11) is 0. The SMILES string of the molecule is c1ccc(-c2ccc(-c3cccc(-c4nc(-c5ccc6oc7ccccc7c6c5)nc(-n5c6ccccc6c6ccc7c8ccccc8sc7c65)n4)c3)cc2)cc1. The Morgan fingerprint density at radius 1 is 0.386 bits per heavy atom. The van der Waals surface area contributed by atoms with Crippen LogP contribution in [0.3, 0.4) is 0 Å². The van der Waals surface area contributed by atoms with Gasteiger partial charge in [0.25, 0.3) is 0 Å². The summed E-state index contributed by atoms with van der Waals surface area (Å²) in [4.78, 5) is 15.9. The van der Waals surface area contributed by atoms with E-state index < -0.39 is 0 Å². The largest absolute Gasteiger partial charge is 0.456 e. The second-order valence-electron chi connectivity index (χ2n) is 14.4. The van der Waals surface area contributed by atoms with E-state index in [0.29, 0.717) is 17.6 Å². The van der Waals surface area contributed by atoms with E-state index in [9.17, 15) is 0 Å². The number of rotatable bonds is 5. The molecule has 0 radical (unpaired) electrons. The average Bonchev–Trinajstić information content (AvgIpc) is 3.96. The zero-order valence-electron chi connectivity index (χ0n) is 30.4. The second kappa shape index (κ2) is 12.6. The first-order chi connectivity index (χ1) is 28.2. The molecule has 57 heavy (non-hydrogen) atoms. The van der Waals surface area contributed by atoms with Gasteiger partial charge in [0.15, 0.2) is 11.6 Å². The lowest BCUT2D eigenvalue weighted by Gasteiger charge is -2.12. The number of thiophene rings is 1. The Morgan fingerprint density at radius 2 is 0.982 bits per heavy atom. The zero-order chi connectivity index (χ0) is 37.5. The molecule has 0 amide bonds. The lowest BCUT2D eigenvalue weighted by molar-refractivity contribution is 0.669. The second-order valence-corrected chi connectivity index (χ2v) is 15.5. The van der Waals surface area contributed by atoms with Crippen LogP contribution >= 0.6 is 11.3 Å². The molecule has 0 saturated heterocycles. The van der Waals surface area contributed by atoms with Crippen LogP contribution in [0.5, 0.6) is 0 Å². The molecule has 12 aromatic rings. The van der Waals surface area contributed by atoms with Gasteiger partial charge in [-0.15, -0.1) is 11.3 Å². The molecule has 8 aromatic carbocycles. The molecule has 4 aromatic heterocycles. The van der Waals surface area contributed by atoms with Crippen molar-refractivity contribution >= 4 is 75.3 Å². The van der Waals surface area contributed by atoms with Gasteiger partial charge in [-0.3, -0.25) is 4.57 Å². The van der Waals surface area contributed by atoms with Crippen molar-refractivity contribution in [1.29, 1.82) is 0 Å². The highest BCUT2D eigenvalue weighted by Gasteiger charge is 2.22. The van der Waals surface area contributed by atoms with Gasteiger partial charge in [-0.1, -0.05) is 140 Å². The lowest BCUT2D eigenvalue weighted by Crippen LogP contribution is -2.06. The number of aromatic nitrogens is 4. The van der Waals surface area contributed by atoms with Crippen molar-refractivity contribution in [3.63, 3.8) is 0 Å². The fourth-order valence-electron chi connectivity index (χ4n) is 8.35. The van der Waals surface area contributed by atoms with Gasteiger partial charge in [0.05, 0.1) is 15.7 Å². The van der Waals surface area contributed by atoms with E-state index in [1.165, 1.54) is 36.7 Å². The van der Waals surface area contributed by atoms with Gasteiger partial charge in [-0.2, -0.15) is 9.97 Å². The van der Waals surface area contributed by atoms with Gasteiger partial charge >= 0.3 is 0 Å². The Hall–Kier alpha value is -7.41. The number of fused-ring (bicyclic) bond motifs is 10. The monoisotopic (exact) mass is 746 g/mol. The molecule has 6 heteroatoms. The quantitative estimate of drug-likeness (QED) is 0.176. The topological polar surface area (TPSA) is 56.7 Å². The van der Waals surface area contributed by atoms with Gasteiger partial charge in [0.1, 0.15) is 11.2 Å². The van der Waals surface area contributed by atoms with E-state index >= 15 is 0 Å². The first-order valence-corrected chi connectivity index (χ1v) is 19.8. The molecule has 266 valence electrons. The third-order valence-electron chi connectivity index (χ3n) is 11.1. The van der Waals surface area contributed by atoms with E-state index in [2.05, 4.69) is 150 Å². The van der Waals surface area contributed by atoms with Crippen LogP contribution in [0.1, 0.15) is 0 Å². The Balaban J connectivity index is 1.10. The van der Waals surface area contributed by atoms with Crippen molar-refractivity contribution in [2.75, 3.05) is 0 Å². The molecular weight excluding hydrogens is 717 g/mol. The molecule has 0 N–H and O–H groups in total. The molecule has 5 nitrogen and oxygen atoms in total. The van der Waals surface area contributed by atoms with Crippen LogP contribution in [0.2, 0.25) is 0 Å². The minimum atomic E-state index is 0.570. The molecule has 0 aliphatic rings. The van der Waals surface area contributed by atoms with E-state index in [-0.39, 0.29) is 0 Å². The van der Waals surface area contributed by atoms with E-state index in [1.807, 2.05) is 47.7 Å². The van der Waals surface area contributed by atoms with Crippen LogP contribution in [-0.2, 0) is 0 Å². The summed E-state index contributed by atoms with van der Waals surface area (Å²) in [5, 5.41) is 6.89. The normalized spacial score (nSPS) is 11.9. The van der Waals surface area contributed by atoms with Crippen LogP contribution in [0.15, 0.2) is 186 Å². The van der Waals surface area contributed by atoms with Crippen molar-refractivity contribution in [3.05, 3.63) is 182 Å². The van der Waals surface area contributed by atoms with E-state index in [1.54, 1.807) is 0 Å². The number of furan rings is 1. The molecule has 0 unspecified atom stereocenters. The summed E-state index contributed by atoms with van der Waals surface area (Å²) in [6, 6.07) is 63.8. The maximum absolute atomic E-state index is 6.21. The van der Waals surface area contributed by atoms with Crippen LogP contribution in [0, 0.1) is 0 Å². The molecular formula is C51H30N4OS. The highest BCUT2D eigenvalue weighted by Crippen LogP contribution is 2.43. The predicted octanol–water partition coefficient (Wildman–Crippen LogP) is 13.9. The molecule has 0 spiro atoms. The summed E-state index contributed by atoms with van der Waals surface area (Å²) >= 11 is 1.82. The first kappa shape index (κ1) is 31.9. The highest BCUT2D eigenvalue weighted by molar-refractivity contribution is 7.26. The van der Waals surface area contributed by atoms with Gasteiger partial charge in [-0.05, 0) is 64.7 Å². The zero-order valence-corrected chi connectivity index (χ0v) is 31.2. The predicted molar refractivity (Wildman–Crippen MR) is 236 cm³/mol. The molecule has 0 aliphatic heterocycles. The maximum Gasteiger partial charge on any atom is 0.238 e. The summed E-state index contributed by atoms with van der Waals surface area (Å²) < 4.78 is 10.9. The number of nitrogens with zero attached hydrogens (tertiary/aromatic N) is 4. The fraction of sp³-hybridized carbons (Fsp3) is 0. The number of para-hydroxylation sites is 2. The Labute approximate surface area is 330 Å². The third kappa shape index (κ3) is 5.12. The minimum Gasteiger partial charge on any atom is -0.456 e. The summed E-state index contributed by atoms with van der Waals surface area (Å²) in [5.41, 5.74) is 10.2. The van der Waals surface area contributed by atoms with Crippen molar-refractivity contribution < 1.29 is 4.42 Å². The molecule has 12 rings (SSSR count). The van der Waals surface area contributed by atoms with Crippen molar-refractivity contribution in [3.8, 4) is 51.0 Å². The summed E-state index contributed by atoms with van der Waals surface area (Å²) in [5.74, 6) is 1.76. The highest BCUT2D eigenvalue weighted by atomic mass is 32.1. The Kier molecular flexibility index (Phi) is 7.03. The lowest BCUT2D eigenvalue weighted by atomic mass is 9.99. The maximum atomic E-state index is 6.21. The number of hydrogen-bond donors (Lipinski definition) is 0. The standard InChI is InChI=1S/C51H30N4OS/c1-2-11-31(12-3-1)32-21-23-33(24-22-32)34-13-10-14-35(29-34)49-52-50(36-25-28-45-42(30-36)38-16-5-8-19-44(38)56-45)54-51(53-49)55-43-18-7-4-15-37(43)40-26-27-41-39-17-6-9-20-46(39)57-48(41)47(40)55/h1-30H. The van der Waals surface area contributed by atoms with Crippen LogP contribution in [0.4, 0.5) is 0 Å². The Morgan fingerprint density at radius 3 is 1.82 bits per heavy atom. The molecule has 0 fully saturated rings. The van der Waals surface area contributed by atoms with Gasteiger partial charge < -0.3 is 4.42 Å². The minimum absolute atomic E-state index is 0.570. The number of hydrogen-bond acceptors (Lipinski definition) is 5. The molecule has 0 bridgehead atoms. The van der Waals surface area contributed by atoms with Crippen molar-refractivity contribution in [2.45, 2.75) is 0 Å². The molecule has 0 saturated carbocycles. The van der Waals surface area contributed by atoms with Gasteiger partial charge in [0, 0.05) is 48.1 Å². The van der Waals surface area contributed by atoms with Crippen LogP contribution in [-0.4, -0.2) is 19.5 Å². The fourth-order valence-corrected chi connectivity index (χ4v) is 9.59. The van der Waals surface area contributed by atoms with Gasteiger partial charge in [0.2, 0.25) is 5.95 Å². The summed E-state index contributed by atoms with van der Waals surface area (Å²) in [6.07, 6.45) is 0. The number of benzene rings is 8. The molecule has 4 heterocycles. The average molecular weight is 747 g/mol.